The highest BCUT2D eigenvalue weighted by Gasteiger charge is 2.26. The number of furan rings is 1. The van der Waals surface area contributed by atoms with Gasteiger partial charge in [0.15, 0.2) is 0 Å². The van der Waals surface area contributed by atoms with E-state index in [1.807, 2.05) is 6.07 Å². The summed E-state index contributed by atoms with van der Waals surface area (Å²) in [5, 5.41) is 7.55. The van der Waals surface area contributed by atoms with Crippen LogP contribution in [0.3, 0.4) is 0 Å². The van der Waals surface area contributed by atoms with Crippen LogP contribution < -0.4 is 10.6 Å². The van der Waals surface area contributed by atoms with Gasteiger partial charge in [-0.25, -0.2) is 0 Å². The van der Waals surface area contributed by atoms with Gasteiger partial charge in [0.1, 0.15) is 10.6 Å². The summed E-state index contributed by atoms with van der Waals surface area (Å²) < 4.78 is 10.7. The number of hydrogen-bond donors (Lipinski definition) is 2. The minimum Gasteiger partial charge on any atom is -0.464 e. The predicted molar refractivity (Wildman–Crippen MR) is 132 cm³/mol. The molecule has 3 aromatic rings. The number of aryl methyl sites for hydroxylation is 1. The van der Waals surface area contributed by atoms with Gasteiger partial charge in [0.25, 0.3) is 5.91 Å². The number of benzene rings is 1. The van der Waals surface area contributed by atoms with Crippen molar-refractivity contribution in [2.24, 2.45) is 0 Å². The Morgan fingerprint density at radius 1 is 1.18 bits per heavy atom. The molecule has 176 valence electrons. The van der Waals surface area contributed by atoms with Crippen LogP contribution in [0.15, 0.2) is 28.9 Å². The van der Waals surface area contributed by atoms with Crippen LogP contribution in [-0.2, 0) is 34.2 Å². The molecule has 2 N–H and O–H groups in total. The minimum absolute atomic E-state index is 0.00606. The molecule has 0 unspecified atom stereocenters. The van der Waals surface area contributed by atoms with Crippen molar-refractivity contribution in [1.29, 1.82) is 0 Å². The summed E-state index contributed by atoms with van der Waals surface area (Å²) in [5.74, 6) is -0.297. The standard InChI is InChI=1S/C26H32N2O4S/c1-26(2,3)17-9-10-20-19(14-17)16(15-32-20)13-22(29)28-25-23(24(30)27-11-12-31-4)18-7-5-6-8-21(18)33-25/h9-10,14-15H,5-8,11-13H2,1-4H3,(H,27,30)(H,28,29). The molecule has 7 heteroatoms. The van der Waals surface area contributed by atoms with E-state index < -0.39 is 0 Å². The fourth-order valence-corrected chi connectivity index (χ4v) is 5.58. The molecule has 33 heavy (non-hydrogen) atoms. The van der Waals surface area contributed by atoms with Crippen molar-refractivity contribution in [2.45, 2.75) is 58.3 Å². The number of thiophene rings is 1. The van der Waals surface area contributed by atoms with Gasteiger partial charge in [-0.3, -0.25) is 9.59 Å². The highest BCUT2D eigenvalue weighted by Crippen LogP contribution is 2.38. The van der Waals surface area contributed by atoms with Crippen molar-refractivity contribution >= 4 is 39.1 Å². The molecule has 0 spiro atoms. The van der Waals surface area contributed by atoms with Gasteiger partial charge in [0.05, 0.1) is 24.9 Å². The van der Waals surface area contributed by atoms with Crippen LogP contribution >= 0.6 is 11.3 Å². The van der Waals surface area contributed by atoms with E-state index >= 15 is 0 Å². The molecule has 0 atom stereocenters. The van der Waals surface area contributed by atoms with Crippen molar-refractivity contribution in [3.05, 3.63) is 51.6 Å². The Morgan fingerprint density at radius 2 is 1.97 bits per heavy atom. The molecule has 0 bridgehead atoms. The molecule has 0 radical (unpaired) electrons. The van der Waals surface area contributed by atoms with Crippen LogP contribution in [0.2, 0.25) is 0 Å². The first-order valence-corrected chi connectivity index (χ1v) is 12.3. The summed E-state index contributed by atoms with van der Waals surface area (Å²) in [6.45, 7) is 7.38. The summed E-state index contributed by atoms with van der Waals surface area (Å²) in [6.07, 6.45) is 5.85. The first-order chi connectivity index (χ1) is 15.8. The smallest absolute Gasteiger partial charge is 0.254 e. The molecular weight excluding hydrogens is 436 g/mol. The molecule has 0 fully saturated rings. The summed E-state index contributed by atoms with van der Waals surface area (Å²) in [5.41, 5.74) is 4.52. The third-order valence-corrected chi connectivity index (χ3v) is 7.32. The molecule has 2 amide bonds. The third-order valence-electron chi connectivity index (χ3n) is 6.11. The number of carbonyl (C=O) groups excluding carboxylic acids is 2. The summed E-state index contributed by atoms with van der Waals surface area (Å²) in [7, 11) is 1.61. The lowest BCUT2D eigenvalue weighted by Gasteiger charge is -2.18. The zero-order valence-electron chi connectivity index (χ0n) is 19.8. The fraction of sp³-hybridized carbons (Fsp3) is 0.462. The maximum Gasteiger partial charge on any atom is 0.254 e. The SMILES string of the molecule is COCCNC(=O)c1c(NC(=O)Cc2coc3ccc(C(C)(C)C)cc23)sc2c1CCCC2. The average Bonchev–Trinajstić information content (AvgIpc) is 3.33. The lowest BCUT2D eigenvalue weighted by molar-refractivity contribution is -0.115. The van der Waals surface area contributed by atoms with Crippen LogP contribution in [0.25, 0.3) is 11.0 Å². The van der Waals surface area contributed by atoms with Gasteiger partial charge in [0, 0.05) is 29.5 Å². The zero-order chi connectivity index (χ0) is 23.6. The molecule has 2 heterocycles. The number of hydrogen-bond acceptors (Lipinski definition) is 5. The lowest BCUT2D eigenvalue weighted by Crippen LogP contribution is -2.28. The normalized spacial score (nSPS) is 13.7. The molecule has 0 aliphatic heterocycles. The molecular formula is C26H32N2O4S. The molecule has 1 aliphatic carbocycles. The number of amides is 2. The Bertz CT molecular complexity index is 1170. The third kappa shape index (κ3) is 5.14. The maximum atomic E-state index is 13.1. The van der Waals surface area contributed by atoms with E-state index in [-0.39, 0.29) is 23.7 Å². The summed E-state index contributed by atoms with van der Waals surface area (Å²) in [6, 6.07) is 6.15. The number of ether oxygens (including phenoxy) is 1. The van der Waals surface area contributed by atoms with E-state index in [9.17, 15) is 9.59 Å². The lowest BCUT2D eigenvalue weighted by atomic mass is 9.86. The van der Waals surface area contributed by atoms with Gasteiger partial charge in [-0.2, -0.15) is 0 Å². The van der Waals surface area contributed by atoms with Gasteiger partial charge in [-0.15, -0.1) is 11.3 Å². The van der Waals surface area contributed by atoms with E-state index in [2.05, 4.69) is 43.5 Å². The van der Waals surface area contributed by atoms with Crippen LogP contribution in [0, 0.1) is 0 Å². The maximum absolute atomic E-state index is 13.1. The van der Waals surface area contributed by atoms with Crippen molar-refractivity contribution < 1.29 is 18.7 Å². The molecule has 1 aliphatic rings. The topological polar surface area (TPSA) is 80.6 Å². The summed E-state index contributed by atoms with van der Waals surface area (Å²) >= 11 is 1.53. The van der Waals surface area contributed by atoms with Crippen LogP contribution in [0.4, 0.5) is 5.00 Å². The second-order valence-corrected chi connectivity index (χ2v) is 10.7. The van der Waals surface area contributed by atoms with Gasteiger partial charge in [-0.05, 0) is 54.4 Å². The van der Waals surface area contributed by atoms with Crippen molar-refractivity contribution in [3.8, 4) is 0 Å². The fourth-order valence-electron chi connectivity index (χ4n) is 4.28. The Hall–Kier alpha value is -2.64. The molecule has 6 nitrogen and oxygen atoms in total. The van der Waals surface area contributed by atoms with Crippen LogP contribution in [0.1, 0.15) is 65.5 Å². The number of rotatable bonds is 7. The number of methoxy groups -OCH3 is 1. The second-order valence-electron chi connectivity index (χ2n) is 9.61. The highest BCUT2D eigenvalue weighted by atomic mass is 32.1. The quantitative estimate of drug-likeness (QED) is 0.466. The molecule has 4 rings (SSSR count). The molecule has 0 saturated heterocycles. The summed E-state index contributed by atoms with van der Waals surface area (Å²) in [4.78, 5) is 27.2. The number of carbonyl (C=O) groups is 2. The monoisotopic (exact) mass is 468 g/mol. The van der Waals surface area contributed by atoms with Crippen LogP contribution in [-0.4, -0.2) is 32.1 Å². The Balaban J connectivity index is 1.56. The molecule has 0 saturated carbocycles. The van der Waals surface area contributed by atoms with E-state index in [1.165, 1.54) is 21.8 Å². The first-order valence-electron chi connectivity index (χ1n) is 11.5. The van der Waals surface area contributed by atoms with Gasteiger partial charge in [0.2, 0.25) is 5.91 Å². The number of nitrogens with one attached hydrogen (secondary N) is 2. The van der Waals surface area contributed by atoms with E-state index in [4.69, 9.17) is 9.15 Å². The van der Waals surface area contributed by atoms with Crippen molar-refractivity contribution in [1.82, 2.24) is 5.32 Å². The van der Waals surface area contributed by atoms with E-state index in [0.717, 1.165) is 47.8 Å². The van der Waals surface area contributed by atoms with Gasteiger partial charge < -0.3 is 19.8 Å². The molecule has 2 aromatic heterocycles. The van der Waals surface area contributed by atoms with E-state index in [1.54, 1.807) is 13.4 Å². The van der Waals surface area contributed by atoms with Crippen molar-refractivity contribution in [3.63, 3.8) is 0 Å². The Morgan fingerprint density at radius 3 is 2.73 bits per heavy atom. The minimum atomic E-state index is -0.150. The van der Waals surface area contributed by atoms with Crippen LogP contribution in [0.5, 0.6) is 0 Å². The van der Waals surface area contributed by atoms with Crippen molar-refractivity contribution in [2.75, 3.05) is 25.6 Å². The largest absolute Gasteiger partial charge is 0.464 e. The predicted octanol–water partition coefficient (Wildman–Crippen LogP) is 5.23. The Kier molecular flexibility index (Phi) is 6.91. The number of fused-ring (bicyclic) bond motifs is 2. The highest BCUT2D eigenvalue weighted by molar-refractivity contribution is 7.17. The molecule has 1 aromatic carbocycles. The van der Waals surface area contributed by atoms with E-state index in [0.29, 0.717) is 23.7 Å². The zero-order valence-corrected chi connectivity index (χ0v) is 20.6. The average molecular weight is 469 g/mol. The second kappa shape index (κ2) is 9.69. The number of anilines is 1. The van der Waals surface area contributed by atoms with Gasteiger partial charge in [-0.1, -0.05) is 26.8 Å². The first kappa shape index (κ1) is 23.5. The van der Waals surface area contributed by atoms with Gasteiger partial charge >= 0.3 is 0 Å². The Labute approximate surface area is 198 Å².